The van der Waals surface area contributed by atoms with Crippen LogP contribution in [0.25, 0.3) is 22.4 Å². The Morgan fingerprint density at radius 3 is 2.55 bits per heavy atom. The molecule has 0 aliphatic carbocycles. The highest BCUT2D eigenvalue weighted by molar-refractivity contribution is 6.37. The zero-order chi connectivity index (χ0) is 14.3. The summed E-state index contributed by atoms with van der Waals surface area (Å²) in [4.78, 5) is 0. The number of nitrogens with two attached hydrogens (primary N) is 1. The van der Waals surface area contributed by atoms with Crippen LogP contribution in [0.4, 0.5) is 5.82 Å². The predicted molar refractivity (Wildman–Crippen MR) is 81.2 cm³/mol. The van der Waals surface area contributed by atoms with Gasteiger partial charge in [-0.1, -0.05) is 29.3 Å². The number of anilines is 1. The molecule has 3 rings (SSSR count). The largest absolute Gasteiger partial charge is 0.452 e. The molecule has 0 saturated carbocycles. The van der Waals surface area contributed by atoms with Crippen molar-refractivity contribution in [2.75, 3.05) is 5.73 Å². The van der Waals surface area contributed by atoms with Crippen molar-refractivity contribution in [2.45, 2.75) is 0 Å². The Balaban J connectivity index is 2.24. The van der Waals surface area contributed by atoms with E-state index in [4.69, 9.17) is 45.0 Å². The standard InChI is InChI=1S/C13H8Cl3N3O/c14-6-1-2-7(9(15)5-6)10-11(18-19-13(10)17)8-3-4-20-12(8)16/h1-5H,(H3,17,18,19). The van der Waals surface area contributed by atoms with Gasteiger partial charge in [-0.15, -0.1) is 0 Å². The molecule has 1 aromatic carbocycles. The molecular weight excluding hydrogens is 321 g/mol. The summed E-state index contributed by atoms with van der Waals surface area (Å²) in [6, 6.07) is 6.88. The van der Waals surface area contributed by atoms with Gasteiger partial charge in [0.2, 0.25) is 5.22 Å². The van der Waals surface area contributed by atoms with Crippen molar-refractivity contribution in [1.29, 1.82) is 0 Å². The minimum Gasteiger partial charge on any atom is -0.452 e. The third-order valence-corrected chi connectivity index (χ3v) is 3.72. The Kier molecular flexibility index (Phi) is 3.38. The first-order chi connectivity index (χ1) is 9.58. The van der Waals surface area contributed by atoms with Crippen LogP contribution in [0.3, 0.4) is 0 Å². The molecule has 0 unspecified atom stereocenters. The van der Waals surface area contributed by atoms with Crippen LogP contribution < -0.4 is 5.73 Å². The van der Waals surface area contributed by atoms with Crippen molar-refractivity contribution >= 4 is 40.6 Å². The normalized spacial score (nSPS) is 10.9. The van der Waals surface area contributed by atoms with Crippen molar-refractivity contribution in [1.82, 2.24) is 10.2 Å². The highest BCUT2D eigenvalue weighted by Gasteiger charge is 2.20. The summed E-state index contributed by atoms with van der Waals surface area (Å²) >= 11 is 18.1. The molecule has 0 amide bonds. The molecule has 2 heterocycles. The molecule has 0 saturated heterocycles. The third-order valence-electron chi connectivity index (χ3n) is 2.88. The first-order valence-corrected chi connectivity index (χ1v) is 6.74. The molecule has 0 aliphatic rings. The van der Waals surface area contributed by atoms with Crippen LogP contribution in [0, 0.1) is 0 Å². The van der Waals surface area contributed by atoms with Gasteiger partial charge in [-0.2, -0.15) is 5.10 Å². The molecule has 7 heteroatoms. The lowest BCUT2D eigenvalue weighted by atomic mass is 10.0. The Labute approximate surface area is 129 Å². The molecule has 3 N–H and O–H groups in total. The molecule has 0 atom stereocenters. The molecule has 0 fully saturated rings. The Bertz CT molecular complexity index is 779. The highest BCUT2D eigenvalue weighted by Crippen LogP contribution is 2.41. The maximum Gasteiger partial charge on any atom is 0.202 e. The van der Waals surface area contributed by atoms with E-state index in [-0.39, 0.29) is 5.22 Å². The molecule has 0 aliphatic heterocycles. The van der Waals surface area contributed by atoms with E-state index < -0.39 is 0 Å². The van der Waals surface area contributed by atoms with Gasteiger partial charge in [-0.25, -0.2) is 0 Å². The second-order valence-corrected chi connectivity index (χ2v) is 5.28. The fourth-order valence-electron chi connectivity index (χ4n) is 1.99. The number of halogens is 3. The van der Waals surface area contributed by atoms with Gasteiger partial charge in [0.15, 0.2) is 5.82 Å². The number of nitrogens with one attached hydrogen (secondary N) is 1. The van der Waals surface area contributed by atoms with E-state index in [1.807, 2.05) is 0 Å². The number of rotatable bonds is 2. The zero-order valence-corrected chi connectivity index (χ0v) is 12.2. The number of benzene rings is 1. The second kappa shape index (κ2) is 5.05. The van der Waals surface area contributed by atoms with Gasteiger partial charge >= 0.3 is 0 Å². The monoisotopic (exact) mass is 327 g/mol. The van der Waals surface area contributed by atoms with Crippen LogP contribution in [0.5, 0.6) is 0 Å². The van der Waals surface area contributed by atoms with E-state index in [9.17, 15) is 0 Å². The lowest BCUT2D eigenvalue weighted by Crippen LogP contribution is -1.89. The van der Waals surface area contributed by atoms with Crippen LogP contribution in [0.15, 0.2) is 34.9 Å². The number of aromatic amines is 1. The summed E-state index contributed by atoms with van der Waals surface area (Å²) in [6.45, 7) is 0. The van der Waals surface area contributed by atoms with Gasteiger partial charge in [0, 0.05) is 10.6 Å². The summed E-state index contributed by atoms with van der Waals surface area (Å²) in [5.74, 6) is 0.321. The van der Waals surface area contributed by atoms with E-state index in [1.54, 1.807) is 24.3 Å². The average Bonchev–Trinajstić information content (AvgIpc) is 2.96. The number of furan rings is 1. The van der Waals surface area contributed by atoms with Crippen molar-refractivity contribution in [3.63, 3.8) is 0 Å². The molecule has 20 heavy (non-hydrogen) atoms. The SMILES string of the molecule is Nc1n[nH]c(-c2ccoc2Cl)c1-c1ccc(Cl)cc1Cl. The van der Waals surface area contributed by atoms with Crippen LogP contribution in [0.1, 0.15) is 0 Å². The van der Waals surface area contributed by atoms with E-state index in [2.05, 4.69) is 10.2 Å². The first kappa shape index (κ1) is 13.4. The lowest BCUT2D eigenvalue weighted by molar-refractivity contribution is 0.570. The maximum absolute atomic E-state index is 6.23. The van der Waals surface area contributed by atoms with Gasteiger partial charge in [-0.05, 0) is 29.8 Å². The molecular formula is C13H8Cl3N3O. The topological polar surface area (TPSA) is 67.8 Å². The number of aromatic nitrogens is 2. The fourth-order valence-corrected chi connectivity index (χ4v) is 2.70. The van der Waals surface area contributed by atoms with Gasteiger partial charge in [0.25, 0.3) is 0 Å². The molecule has 102 valence electrons. The Morgan fingerprint density at radius 1 is 1.10 bits per heavy atom. The van der Waals surface area contributed by atoms with Crippen LogP contribution in [-0.2, 0) is 0 Å². The van der Waals surface area contributed by atoms with Crippen LogP contribution >= 0.6 is 34.8 Å². The van der Waals surface area contributed by atoms with Gasteiger partial charge in [-0.3, -0.25) is 5.10 Å². The van der Waals surface area contributed by atoms with Crippen molar-refractivity contribution in [3.05, 3.63) is 45.8 Å². The molecule has 0 spiro atoms. The third kappa shape index (κ3) is 2.16. The quantitative estimate of drug-likeness (QED) is 0.704. The Hall–Kier alpha value is -1.62. The molecule has 4 nitrogen and oxygen atoms in total. The highest BCUT2D eigenvalue weighted by atomic mass is 35.5. The van der Waals surface area contributed by atoms with Gasteiger partial charge in [0.1, 0.15) is 0 Å². The summed E-state index contributed by atoms with van der Waals surface area (Å²) in [7, 11) is 0. The minimum absolute atomic E-state index is 0.250. The summed E-state index contributed by atoms with van der Waals surface area (Å²) < 4.78 is 5.09. The number of hydrogen-bond donors (Lipinski definition) is 2. The lowest BCUT2D eigenvalue weighted by Gasteiger charge is -2.06. The smallest absolute Gasteiger partial charge is 0.202 e. The van der Waals surface area contributed by atoms with Crippen molar-refractivity contribution in [2.24, 2.45) is 0 Å². The van der Waals surface area contributed by atoms with E-state index in [1.165, 1.54) is 6.26 Å². The predicted octanol–water partition coefficient (Wildman–Crippen LogP) is 4.88. The number of hydrogen-bond acceptors (Lipinski definition) is 3. The molecule has 0 bridgehead atoms. The van der Waals surface area contributed by atoms with E-state index in [0.29, 0.717) is 32.7 Å². The molecule has 3 aromatic rings. The van der Waals surface area contributed by atoms with Crippen molar-refractivity contribution < 1.29 is 4.42 Å². The first-order valence-electron chi connectivity index (χ1n) is 5.60. The number of nitrogens with zero attached hydrogens (tertiary/aromatic N) is 1. The molecule has 0 radical (unpaired) electrons. The van der Waals surface area contributed by atoms with Crippen LogP contribution in [-0.4, -0.2) is 10.2 Å². The fraction of sp³-hybridized carbons (Fsp3) is 0. The van der Waals surface area contributed by atoms with Crippen LogP contribution in [0.2, 0.25) is 15.3 Å². The summed E-state index contributed by atoms with van der Waals surface area (Å²) in [5, 5.41) is 8.13. The average molecular weight is 329 g/mol. The minimum atomic E-state index is 0.250. The van der Waals surface area contributed by atoms with E-state index in [0.717, 1.165) is 5.56 Å². The summed E-state index contributed by atoms with van der Waals surface area (Å²) in [6.07, 6.45) is 1.49. The zero-order valence-electron chi connectivity index (χ0n) is 9.95. The van der Waals surface area contributed by atoms with Gasteiger partial charge in [0.05, 0.1) is 28.1 Å². The number of H-pyrrole nitrogens is 1. The van der Waals surface area contributed by atoms with Gasteiger partial charge < -0.3 is 10.2 Å². The Morgan fingerprint density at radius 2 is 1.90 bits per heavy atom. The maximum atomic E-state index is 6.23. The van der Waals surface area contributed by atoms with E-state index >= 15 is 0 Å². The summed E-state index contributed by atoms with van der Waals surface area (Å²) in [5.41, 5.74) is 8.62. The molecule has 2 aromatic heterocycles. The number of nitrogen functional groups attached to an aromatic ring is 1. The second-order valence-electron chi connectivity index (χ2n) is 4.09. The van der Waals surface area contributed by atoms with Crippen molar-refractivity contribution in [3.8, 4) is 22.4 Å².